The molecular formula is C9H18OS. The predicted octanol–water partition coefficient (Wildman–Crippen LogP) is 2.29. The van der Waals surface area contributed by atoms with Crippen LogP contribution in [-0.2, 0) is 0 Å². The van der Waals surface area contributed by atoms with Crippen LogP contribution in [0.5, 0.6) is 0 Å². The van der Waals surface area contributed by atoms with Gasteiger partial charge in [-0.15, -0.1) is 0 Å². The Kier molecular flexibility index (Phi) is 3.26. The zero-order chi connectivity index (χ0) is 8.32. The molecule has 2 heteroatoms. The summed E-state index contributed by atoms with van der Waals surface area (Å²) in [6.45, 7) is 4.35. The molecule has 1 nitrogen and oxygen atoms in total. The van der Waals surface area contributed by atoms with E-state index in [2.05, 4.69) is 13.8 Å². The highest BCUT2D eigenvalue weighted by molar-refractivity contribution is 7.99. The highest BCUT2D eigenvalue weighted by Gasteiger charge is 2.37. The first kappa shape index (κ1) is 9.40. The van der Waals surface area contributed by atoms with Gasteiger partial charge in [0.05, 0.1) is 5.60 Å². The van der Waals surface area contributed by atoms with Gasteiger partial charge in [0, 0.05) is 5.75 Å². The first-order valence-electron chi connectivity index (χ1n) is 4.53. The van der Waals surface area contributed by atoms with Crippen LogP contribution >= 0.6 is 11.8 Å². The highest BCUT2D eigenvalue weighted by Crippen LogP contribution is 2.36. The average Bonchev–Trinajstić information content (AvgIpc) is 2.39. The summed E-state index contributed by atoms with van der Waals surface area (Å²) in [6, 6.07) is 0. The van der Waals surface area contributed by atoms with Gasteiger partial charge in [-0.2, -0.15) is 11.8 Å². The third kappa shape index (κ3) is 1.91. The van der Waals surface area contributed by atoms with E-state index < -0.39 is 0 Å². The van der Waals surface area contributed by atoms with E-state index in [-0.39, 0.29) is 5.60 Å². The minimum absolute atomic E-state index is 0.325. The van der Waals surface area contributed by atoms with Crippen LogP contribution in [0, 0.1) is 5.92 Å². The molecule has 11 heavy (non-hydrogen) atoms. The maximum absolute atomic E-state index is 10.1. The Balaban J connectivity index is 2.53. The number of hydrogen-bond donors (Lipinski definition) is 1. The smallest absolute Gasteiger partial charge is 0.0773 e. The van der Waals surface area contributed by atoms with Crippen molar-refractivity contribution in [3.05, 3.63) is 0 Å². The van der Waals surface area contributed by atoms with Crippen LogP contribution in [0.4, 0.5) is 0 Å². The monoisotopic (exact) mass is 174 g/mol. The van der Waals surface area contributed by atoms with Crippen LogP contribution in [0.1, 0.15) is 33.1 Å². The lowest BCUT2D eigenvalue weighted by atomic mass is 9.83. The average molecular weight is 174 g/mol. The van der Waals surface area contributed by atoms with Crippen LogP contribution in [-0.4, -0.2) is 22.2 Å². The molecule has 1 atom stereocenters. The molecule has 0 aromatic rings. The minimum Gasteiger partial charge on any atom is -0.389 e. The second kappa shape index (κ2) is 3.81. The quantitative estimate of drug-likeness (QED) is 0.708. The number of rotatable bonds is 3. The molecule has 1 saturated heterocycles. The van der Waals surface area contributed by atoms with E-state index in [0.29, 0.717) is 5.92 Å². The fraction of sp³-hybridized carbons (Fsp3) is 1.00. The molecule has 1 heterocycles. The van der Waals surface area contributed by atoms with Crippen molar-refractivity contribution >= 4 is 11.8 Å². The standard InChI is InChI=1S/C9H18OS/c1-3-8(4-2)9(10)5-6-11-7-9/h8,10H,3-7H2,1-2H3. The van der Waals surface area contributed by atoms with E-state index in [1.165, 1.54) is 0 Å². The summed E-state index contributed by atoms with van der Waals surface area (Å²) in [5, 5.41) is 10.1. The lowest BCUT2D eigenvalue weighted by Gasteiger charge is -2.30. The summed E-state index contributed by atoms with van der Waals surface area (Å²) in [5.74, 6) is 2.63. The van der Waals surface area contributed by atoms with Crippen molar-refractivity contribution in [3.63, 3.8) is 0 Å². The van der Waals surface area contributed by atoms with Crippen molar-refractivity contribution < 1.29 is 5.11 Å². The Labute approximate surface area is 73.6 Å². The molecule has 0 radical (unpaired) electrons. The maximum atomic E-state index is 10.1. The SMILES string of the molecule is CCC(CC)C1(O)CCSC1. The topological polar surface area (TPSA) is 20.2 Å². The molecule has 1 fully saturated rings. The first-order valence-corrected chi connectivity index (χ1v) is 5.68. The van der Waals surface area contributed by atoms with Crippen LogP contribution in [0.2, 0.25) is 0 Å². The third-order valence-corrected chi connectivity index (χ3v) is 3.97. The fourth-order valence-corrected chi connectivity index (χ4v) is 3.32. The summed E-state index contributed by atoms with van der Waals surface area (Å²) in [6.07, 6.45) is 3.24. The largest absolute Gasteiger partial charge is 0.389 e. The third-order valence-electron chi connectivity index (χ3n) is 2.78. The molecule has 0 aliphatic carbocycles. The Morgan fingerprint density at radius 1 is 1.45 bits per heavy atom. The highest BCUT2D eigenvalue weighted by atomic mass is 32.2. The van der Waals surface area contributed by atoms with Crippen molar-refractivity contribution in [2.45, 2.75) is 38.7 Å². The van der Waals surface area contributed by atoms with Gasteiger partial charge in [0.15, 0.2) is 0 Å². The van der Waals surface area contributed by atoms with Gasteiger partial charge < -0.3 is 5.11 Å². The van der Waals surface area contributed by atoms with Crippen molar-refractivity contribution in [1.29, 1.82) is 0 Å². The van der Waals surface area contributed by atoms with Gasteiger partial charge in [0.2, 0.25) is 0 Å². The summed E-state index contributed by atoms with van der Waals surface area (Å²) in [4.78, 5) is 0. The summed E-state index contributed by atoms with van der Waals surface area (Å²) in [7, 11) is 0. The van der Waals surface area contributed by atoms with Gasteiger partial charge in [-0.25, -0.2) is 0 Å². The van der Waals surface area contributed by atoms with Crippen LogP contribution in [0.15, 0.2) is 0 Å². The van der Waals surface area contributed by atoms with Crippen LogP contribution in [0.3, 0.4) is 0 Å². The van der Waals surface area contributed by atoms with E-state index in [4.69, 9.17) is 0 Å². The van der Waals surface area contributed by atoms with E-state index in [1.807, 2.05) is 11.8 Å². The molecule has 1 unspecified atom stereocenters. The van der Waals surface area contributed by atoms with E-state index in [1.54, 1.807) is 0 Å². The van der Waals surface area contributed by atoms with Gasteiger partial charge >= 0.3 is 0 Å². The molecule has 0 amide bonds. The van der Waals surface area contributed by atoms with Gasteiger partial charge in [0.25, 0.3) is 0 Å². The van der Waals surface area contributed by atoms with Gasteiger partial charge in [-0.1, -0.05) is 26.7 Å². The Hall–Kier alpha value is 0.310. The molecular weight excluding hydrogens is 156 g/mol. The molecule has 66 valence electrons. The molecule has 0 aromatic heterocycles. The second-order valence-corrected chi connectivity index (χ2v) is 4.52. The summed E-state index contributed by atoms with van der Waals surface area (Å²) < 4.78 is 0. The van der Waals surface area contributed by atoms with Crippen molar-refractivity contribution in [1.82, 2.24) is 0 Å². The minimum atomic E-state index is -0.325. The Morgan fingerprint density at radius 2 is 2.09 bits per heavy atom. The number of aliphatic hydroxyl groups is 1. The van der Waals surface area contributed by atoms with Crippen molar-refractivity contribution in [2.75, 3.05) is 11.5 Å². The van der Waals surface area contributed by atoms with E-state index in [0.717, 1.165) is 30.8 Å². The summed E-state index contributed by atoms with van der Waals surface area (Å²) >= 11 is 1.89. The van der Waals surface area contributed by atoms with E-state index in [9.17, 15) is 5.11 Å². The van der Waals surface area contributed by atoms with Crippen LogP contribution in [0.25, 0.3) is 0 Å². The maximum Gasteiger partial charge on any atom is 0.0773 e. The Morgan fingerprint density at radius 3 is 2.45 bits per heavy atom. The van der Waals surface area contributed by atoms with E-state index >= 15 is 0 Å². The number of thioether (sulfide) groups is 1. The molecule has 1 aliphatic heterocycles. The van der Waals surface area contributed by atoms with Gasteiger partial charge in [-0.05, 0) is 18.1 Å². The van der Waals surface area contributed by atoms with Gasteiger partial charge in [0.1, 0.15) is 0 Å². The molecule has 0 bridgehead atoms. The van der Waals surface area contributed by atoms with Crippen molar-refractivity contribution in [3.8, 4) is 0 Å². The van der Waals surface area contributed by atoms with Crippen LogP contribution < -0.4 is 0 Å². The molecule has 1 rings (SSSR count). The lowest BCUT2D eigenvalue weighted by Crippen LogP contribution is -2.37. The zero-order valence-electron chi connectivity index (χ0n) is 7.47. The first-order chi connectivity index (χ1) is 5.23. The zero-order valence-corrected chi connectivity index (χ0v) is 8.28. The molecule has 0 saturated carbocycles. The molecule has 0 spiro atoms. The van der Waals surface area contributed by atoms with Gasteiger partial charge in [-0.3, -0.25) is 0 Å². The fourth-order valence-electron chi connectivity index (χ4n) is 1.94. The Bertz CT molecular complexity index is 115. The molecule has 0 aromatic carbocycles. The lowest BCUT2D eigenvalue weighted by molar-refractivity contribution is 0.00303. The number of hydrogen-bond acceptors (Lipinski definition) is 2. The second-order valence-electron chi connectivity index (χ2n) is 3.42. The normalized spacial score (nSPS) is 31.6. The summed E-state index contributed by atoms with van der Waals surface area (Å²) in [5.41, 5.74) is -0.325. The molecule has 1 N–H and O–H groups in total. The van der Waals surface area contributed by atoms with Crippen molar-refractivity contribution in [2.24, 2.45) is 5.92 Å². The molecule has 1 aliphatic rings. The predicted molar refractivity (Wildman–Crippen MR) is 51.0 cm³/mol.